The first-order valence-corrected chi connectivity index (χ1v) is 8.33. The van der Waals surface area contributed by atoms with Gasteiger partial charge in [0, 0.05) is 4.47 Å². The number of sulfonamides is 1. The molecule has 0 unspecified atom stereocenters. The van der Waals surface area contributed by atoms with Crippen molar-refractivity contribution in [3.63, 3.8) is 0 Å². The number of rotatable bonds is 4. The summed E-state index contributed by atoms with van der Waals surface area (Å²) in [5, 5.41) is 0. The second-order valence-corrected chi connectivity index (χ2v) is 7.06. The van der Waals surface area contributed by atoms with Crippen molar-refractivity contribution < 1.29 is 13.2 Å². The van der Waals surface area contributed by atoms with Crippen LogP contribution in [0.15, 0.2) is 45.8 Å². The number of anilines is 2. The molecule has 3 N–H and O–H groups in total. The molecule has 0 radical (unpaired) electrons. The molecule has 5 nitrogen and oxygen atoms in total. The lowest BCUT2D eigenvalue weighted by Crippen LogP contribution is -2.15. The summed E-state index contributed by atoms with van der Waals surface area (Å²) in [6, 6.07) is 9.85. The van der Waals surface area contributed by atoms with Crippen molar-refractivity contribution in [3.8, 4) is 5.75 Å². The zero-order valence-electron chi connectivity index (χ0n) is 11.6. The van der Waals surface area contributed by atoms with Crippen LogP contribution in [0.2, 0.25) is 0 Å². The van der Waals surface area contributed by atoms with Gasteiger partial charge in [-0.3, -0.25) is 4.72 Å². The Morgan fingerprint density at radius 2 is 1.90 bits per heavy atom. The molecule has 2 aromatic carbocycles. The van der Waals surface area contributed by atoms with Crippen molar-refractivity contribution in [2.45, 2.75) is 11.8 Å². The Hall–Kier alpha value is -1.73. The quantitative estimate of drug-likeness (QED) is 0.809. The van der Waals surface area contributed by atoms with Crippen LogP contribution in [-0.2, 0) is 10.0 Å². The van der Waals surface area contributed by atoms with Crippen LogP contribution in [0.1, 0.15) is 5.56 Å². The lowest BCUT2D eigenvalue weighted by atomic mass is 10.2. The van der Waals surface area contributed by atoms with Gasteiger partial charge in [0.15, 0.2) is 0 Å². The Morgan fingerprint density at radius 1 is 1.19 bits per heavy atom. The summed E-state index contributed by atoms with van der Waals surface area (Å²) in [6.07, 6.45) is 0. The summed E-state index contributed by atoms with van der Waals surface area (Å²) in [5.41, 5.74) is 7.24. The number of ether oxygens (including phenoxy) is 1. The molecule has 2 aromatic rings. The molecule has 21 heavy (non-hydrogen) atoms. The maximum atomic E-state index is 12.5. The van der Waals surface area contributed by atoms with Gasteiger partial charge >= 0.3 is 0 Å². The molecule has 0 heterocycles. The molecule has 0 fully saturated rings. The Balaban J connectivity index is 2.44. The molecule has 0 spiro atoms. The van der Waals surface area contributed by atoms with Gasteiger partial charge in [-0.15, -0.1) is 0 Å². The average Bonchev–Trinajstić information content (AvgIpc) is 2.37. The van der Waals surface area contributed by atoms with Gasteiger partial charge in [0.25, 0.3) is 10.0 Å². The van der Waals surface area contributed by atoms with Gasteiger partial charge in [-0.05, 0) is 42.8 Å². The fraction of sp³-hybridized carbons (Fsp3) is 0.143. The number of nitrogens with two attached hydrogens (primary N) is 1. The molecule has 0 atom stereocenters. The molecule has 0 aromatic heterocycles. The smallest absolute Gasteiger partial charge is 0.264 e. The molecule has 0 bridgehead atoms. The van der Waals surface area contributed by atoms with E-state index in [4.69, 9.17) is 10.5 Å². The maximum Gasteiger partial charge on any atom is 0.264 e. The summed E-state index contributed by atoms with van der Waals surface area (Å²) < 4.78 is 33.3. The van der Waals surface area contributed by atoms with E-state index in [0.29, 0.717) is 11.4 Å². The summed E-state index contributed by atoms with van der Waals surface area (Å²) in [7, 11) is -2.31. The summed E-state index contributed by atoms with van der Waals surface area (Å²) >= 11 is 3.30. The van der Waals surface area contributed by atoms with E-state index < -0.39 is 10.0 Å². The van der Waals surface area contributed by atoms with Crippen LogP contribution < -0.4 is 15.2 Å². The number of benzene rings is 2. The number of nitrogens with one attached hydrogen (secondary N) is 1. The lowest BCUT2D eigenvalue weighted by Gasteiger charge is -2.13. The van der Waals surface area contributed by atoms with Crippen LogP contribution >= 0.6 is 15.9 Å². The number of halogens is 1. The zero-order chi connectivity index (χ0) is 15.6. The van der Waals surface area contributed by atoms with Gasteiger partial charge in [0.1, 0.15) is 10.6 Å². The highest BCUT2D eigenvalue weighted by Crippen LogP contribution is 2.31. The normalized spacial score (nSPS) is 11.2. The molecule has 0 aliphatic rings. The monoisotopic (exact) mass is 370 g/mol. The lowest BCUT2D eigenvalue weighted by molar-refractivity contribution is 0.417. The standard InChI is InChI=1S/C14H15BrN2O3S/c1-9-3-6-14(11(16)7-9)21(18,19)17-12-8-10(15)4-5-13(12)20-2/h3-8,17H,16H2,1-2H3. The van der Waals surface area contributed by atoms with E-state index in [1.165, 1.54) is 13.2 Å². The van der Waals surface area contributed by atoms with Gasteiger partial charge < -0.3 is 10.5 Å². The molecule has 0 saturated heterocycles. The zero-order valence-corrected chi connectivity index (χ0v) is 14.0. The Kier molecular flexibility index (Phi) is 4.43. The second kappa shape index (κ2) is 5.95. The van der Waals surface area contributed by atoms with Gasteiger partial charge in [-0.1, -0.05) is 22.0 Å². The Labute approximate surface area is 132 Å². The molecular formula is C14H15BrN2O3S. The second-order valence-electron chi connectivity index (χ2n) is 4.49. The van der Waals surface area contributed by atoms with E-state index >= 15 is 0 Å². The minimum absolute atomic E-state index is 0.0372. The molecule has 2 rings (SSSR count). The summed E-state index contributed by atoms with van der Waals surface area (Å²) in [4.78, 5) is 0.0372. The molecule has 0 saturated carbocycles. The van der Waals surface area contributed by atoms with E-state index in [1.54, 1.807) is 30.3 Å². The SMILES string of the molecule is COc1ccc(Br)cc1NS(=O)(=O)c1ccc(C)cc1N. The maximum absolute atomic E-state index is 12.5. The number of hydrogen-bond donors (Lipinski definition) is 2. The van der Waals surface area contributed by atoms with Gasteiger partial charge in [0.2, 0.25) is 0 Å². The topological polar surface area (TPSA) is 81.4 Å². The van der Waals surface area contributed by atoms with Crippen molar-refractivity contribution >= 4 is 37.3 Å². The first kappa shape index (κ1) is 15.7. The Bertz CT molecular complexity index is 776. The summed E-state index contributed by atoms with van der Waals surface area (Å²) in [5.74, 6) is 0.424. The highest BCUT2D eigenvalue weighted by molar-refractivity contribution is 9.10. The third kappa shape index (κ3) is 3.48. The van der Waals surface area contributed by atoms with E-state index in [9.17, 15) is 8.42 Å². The molecule has 112 valence electrons. The number of nitrogen functional groups attached to an aromatic ring is 1. The van der Waals surface area contributed by atoms with E-state index in [-0.39, 0.29) is 10.6 Å². The molecule has 0 aliphatic carbocycles. The predicted octanol–water partition coefficient (Wildman–Crippen LogP) is 3.15. The van der Waals surface area contributed by atoms with Crippen LogP contribution in [0.3, 0.4) is 0 Å². The largest absolute Gasteiger partial charge is 0.495 e. The van der Waals surface area contributed by atoms with Gasteiger partial charge in [-0.2, -0.15) is 0 Å². The van der Waals surface area contributed by atoms with E-state index in [1.807, 2.05) is 6.92 Å². The van der Waals surface area contributed by atoms with Crippen LogP contribution in [0, 0.1) is 6.92 Å². The predicted molar refractivity (Wildman–Crippen MR) is 87.1 cm³/mol. The van der Waals surface area contributed by atoms with Crippen LogP contribution in [0.4, 0.5) is 11.4 Å². The van der Waals surface area contributed by atoms with Gasteiger partial charge in [-0.25, -0.2) is 8.42 Å². The van der Waals surface area contributed by atoms with Crippen molar-refractivity contribution in [3.05, 3.63) is 46.4 Å². The van der Waals surface area contributed by atoms with Crippen molar-refractivity contribution in [1.29, 1.82) is 0 Å². The highest BCUT2D eigenvalue weighted by Gasteiger charge is 2.19. The highest BCUT2D eigenvalue weighted by atomic mass is 79.9. The number of methoxy groups -OCH3 is 1. The van der Waals surface area contributed by atoms with E-state index in [0.717, 1.165) is 10.0 Å². The summed E-state index contributed by atoms with van der Waals surface area (Å²) in [6.45, 7) is 1.84. The van der Waals surface area contributed by atoms with E-state index in [2.05, 4.69) is 20.7 Å². The Morgan fingerprint density at radius 3 is 2.52 bits per heavy atom. The first-order chi connectivity index (χ1) is 9.83. The third-order valence-electron chi connectivity index (χ3n) is 2.86. The number of aryl methyl sites for hydroxylation is 1. The minimum atomic E-state index is -3.79. The minimum Gasteiger partial charge on any atom is -0.495 e. The third-order valence-corrected chi connectivity index (χ3v) is 4.79. The van der Waals surface area contributed by atoms with Crippen LogP contribution in [0.25, 0.3) is 0 Å². The molecular weight excluding hydrogens is 356 g/mol. The number of hydrogen-bond acceptors (Lipinski definition) is 4. The average molecular weight is 371 g/mol. The molecule has 0 aliphatic heterocycles. The van der Waals surface area contributed by atoms with Crippen LogP contribution in [0.5, 0.6) is 5.75 Å². The van der Waals surface area contributed by atoms with Crippen molar-refractivity contribution in [2.75, 3.05) is 17.6 Å². The van der Waals surface area contributed by atoms with Crippen molar-refractivity contribution in [2.24, 2.45) is 0 Å². The first-order valence-electron chi connectivity index (χ1n) is 6.06. The van der Waals surface area contributed by atoms with Crippen molar-refractivity contribution in [1.82, 2.24) is 0 Å². The molecule has 0 amide bonds. The van der Waals surface area contributed by atoms with Crippen LogP contribution in [-0.4, -0.2) is 15.5 Å². The van der Waals surface area contributed by atoms with Gasteiger partial charge in [0.05, 0.1) is 18.5 Å². The molecule has 7 heteroatoms. The fourth-order valence-electron chi connectivity index (χ4n) is 1.87. The fourth-order valence-corrected chi connectivity index (χ4v) is 3.41.